The first kappa shape index (κ1) is 16.9. The number of carbonyl (C=O) groups is 2. The fourth-order valence-electron chi connectivity index (χ4n) is 3.62. The Morgan fingerprint density at radius 3 is 2.62 bits per heavy atom. The van der Waals surface area contributed by atoms with Crippen LogP contribution in [-0.2, 0) is 16.1 Å². The standard InChI is InChI=1S/C18H24FN3O2/c19-15-6-4-5-14(11-15)12-21-9-10-22(13-16(21)23)17(24)18(20)7-2-1-3-8-18/h4-6,11H,1-3,7-10,12-13,20H2. The monoisotopic (exact) mass is 333 g/mol. The molecule has 0 bridgehead atoms. The lowest BCUT2D eigenvalue weighted by atomic mass is 9.81. The summed E-state index contributed by atoms with van der Waals surface area (Å²) in [5.74, 6) is -0.518. The van der Waals surface area contributed by atoms with E-state index in [1.165, 1.54) is 12.1 Å². The molecule has 0 unspecified atom stereocenters. The summed E-state index contributed by atoms with van der Waals surface area (Å²) >= 11 is 0. The highest BCUT2D eigenvalue weighted by Crippen LogP contribution is 2.28. The summed E-state index contributed by atoms with van der Waals surface area (Å²) in [5, 5.41) is 0. The lowest BCUT2D eigenvalue weighted by Crippen LogP contribution is -2.61. The zero-order chi connectivity index (χ0) is 17.2. The molecule has 2 N–H and O–H groups in total. The van der Waals surface area contributed by atoms with E-state index in [-0.39, 0.29) is 24.2 Å². The number of piperazine rings is 1. The molecule has 24 heavy (non-hydrogen) atoms. The number of carbonyl (C=O) groups excluding carboxylic acids is 2. The largest absolute Gasteiger partial charge is 0.335 e. The van der Waals surface area contributed by atoms with Gasteiger partial charge in [0.05, 0.1) is 12.1 Å². The van der Waals surface area contributed by atoms with Crippen LogP contribution < -0.4 is 5.73 Å². The second-order valence-electron chi connectivity index (χ2n) is 6.89. The molecule has 1 aromatic carbocycles. The summed E-state index contributed by atoms with van der Waals surface area (Å²) in [6, 6.07) is 6.25. The maximum Gasteiger partial charge on any atom is 0.243 e. The van der Waals surface area contributed by atoms with Gasteiger partial charge in [0.2, 0.25) is 11.8 Å². The van der Waals surface area contributed by atoms with Crippen LogP contribution in [0.1, 0.15) is 37.7 Å². The van der Waals surface area contributed by atoms with Crippen LogP contribution in [0.2, 0.25) is 0 Å². The SMILES string of the molecule is NC1(C(=O)N2CCN(Cc3cccc(F)c3)C(=O)C2)CCCCC1. The first-order valence-corrected chi connectivity index (χ1v) is 8.58. The van der Waals surface area contributed by atoms with Gasteiger partial charge in [-0.05, 0) is 30.5 Å². The number of rotatable bonds is 3. The number of halogens is 1. The van der Waals surface area contributed by atoms with Crippen molar-refractivity contribution in [2.75, 3.05) is 19.6 Å². The number of hydrogen-bond donors (Lipinski definition) is 1. The molecule has 1 heterocycles. The molecule has 6 heteroatoms. The van der Waals surface area contributed by atoms with Crippen molar-refractivity contribution in [1.82, 2.24) is 9.80 Å². The summed E-state index contributed by atoms with van der Waals surface area (Å²) in [5.41, 5.74) is 6.25. The summed E-state index contributed by atoms with van der Waals surface area (Å²) in [6.07, 6.45) is 4.45. The van der Waals surface area contributed by atoms with Crippen molar-refractivity contribution in [2.24, 2.45) is 5.73 Å². The van der Waals surface area contributed by atoms with Gasteiger partial charge in [0.1, 0.15) is 5.82 Å². The minimum atomic E-state index is -0.802. The molecular weight excluding hydrogens is 309 g/mol. The van der Waals surface area contributed by atoms with E-state index in [9.17, 15) is 14.0 Å². The molecule has 1 aliphatic heterocycles. The zero-order valence-electron chi connectivity index (χ0n) is 13.8. The molecule has 1 aromatic rings. The Kier molecular flexibility index (Phi) is 4.85. The van der Waals surface area contributed by atoms with E-state index in [4.69, 9.17) is 5.73 Å². The molecule has 1 saturated carbocycles. The highest BCUT2D eigenvalue weighted by molar-refractivity contribution is 5.91. The molecule has 5 nitrogen and oxygen atoms in total. The van der Waals surface area contributed by atoms with E-state index in [0.29, 0.717) is 32.5 Å². The van der Waals surface area contributed by atoms with Gasteiger partial charge >= 0.3 is 0 Å². The predicted octanol–water partition coefficient (Wildman–Crippen LogP) is 1.66. The van der Waals surface area contributed by atoms with Gasteiger partial charge < -0.3 is 15.5 Å². The second kappa shape index (κ2) is 6.89. The Balaban J connectivity index is 1.60. The third-order valence-electron chi connectivity index (χ3n) is 5.04. The molecule has 0 aromatic heterocycles. The second-order valence-corrected chi connectivity index (χ2v) is 6.89. The Hall–Kier alpha value is -1.95. The van der Waals surface area contributed by atoms with Crippen molar-refractivity contribution in [2.45, 2.75) is 44.2 Å². The summed E-state index contributed by atoms with van der Waals surface area (Å²) in [6.45, 7) is 1.37. The number of benzene rings is 1. The Labute approximate surface area is 141 Å². The van der Waals surface area contributed by atoms with Crippen molar-refractivity contribution in [3.63, 3.8) is 0 Å². The quantitative estimate of drug-likeness (QED) is 0.915. The van der Waals surface area contributed by atoms with Crippen molar-refractivity contribution in [3.8, 4) is 0 Å². The van der Waals surface area contributed by atoms with Gasteiger partial charge in [-0.2, -0.15) is 0 Å². The number of hydrogen-bond acceptors (Lipinski definition) is 3. The van der Waals surface area contributed by atoms with Crippen molar-refractivity contribution in [3.05, 3.63) is 35.6 Å². The molecule has 2 fully saturated rings. The molecule has 0 radical (unpaired) electrons. The van der Waals surface area contributed by atoms with Crippen LogP contribution in [0.15, 0.2) is 24.3 Å². The topological polar surface area (TPSA) is 66.6 Å². The normalized spacial score (nSPS) is 21.0. The molecule has 1 aliphatic carbocycles. The van der Waals surface area contributed by atoms with Gasteiger partial charge in [0, 0.05) is 19.6 Å². The number of nitrogens with two attached hydrogens (primary N) is 1. The van der Waals surface area contributed by atoms with Crippen LogP contribution in [0.25, 0.3) is 0 Å². The third kappa shape index (κ3) is 3.59. The van der Waals surface area contributed by atoms with Crippen LogP contribution in [0, 0.1) is 5.82 Å². The Bertz CT molecular complexity index is 628. The molecule has 3 rings (SSSR count). The van der Waals surface area contributed by atoms with E-state index >= 15 is 0 Å². The summed E-state index contributed by atoms with van der Waals surface area (Å²) < 4.78 is 13.3. The van der Waals surface area contributed by atoms with Crippen molar-refractivity contribution in [1.29, 1.82) is 0 Å². The van der Waals surface area contributed by atoms with Gasteiger partial charge in [-0.3, -0.25) is 9.59 Å². The maximum absolute atomic E-state index is 13.3. The molecule has 2 aliphatic rings. The zero-order valence-corrected chi connectivity index (χ0v) is 13.8. The maximum atomic E-state index is 13.3. The fourth-order valence-corrected chi connectivity index (χ4v) is 3.62. The van der Waals surface area contributed by atoms with E-state index in [1.807, 2.05) is 0 Å². The highest BCUT2D eigenvalue weighted by Gasteiger charge is 2.40. The van der Waals surface area contributed by atoms with Crippen molar-refractivity contribution < 1.29 is 14.0 Å². The molecule has 130 valence electrons. The van der Waals surface area contributed by atoms with Crippen LogP contribution in [0.3, 0.4) is 0 Å². The van der Waals surface area contributed by atoms with Crippen LogP contribution >= 0.6 is 0 Å². The van der Waals surface area contributed by atoms with E-state index < -0.39 is 5.54 Å². The Morgan fingerprint density at radius 2 is 1.96 bits per heavy atom. The van der Waals surface area contributed by atoms with E-state index in [1.54, 1.807) is 21.9 Å². The predicted molar refractivity (Wildman–Crippen MR) is 88.4 cm³/mol. The average molecular weight is 333 g/mol. The first-order valence-electron chi connectivity index (χ1n) is 8.58. The van der Waals surface area contributed by atoms with Gasteiger partial charge in [-0.25, -0.2) is 4.39 Å². The molecule has 2 amide bonds. The summed E-state index contributed by atoms with van der Waals surface area (Å²) in [4.78, 5) is 28.4. The minimum Gasteiger partial charge on any atom is -0.335 e. The highest BCUT2D eigenvalue weighted by atomic mass is 19.1. The number of amides is 2. The van der Waals surface area contributed by atoms with Gasteiger partial charge in [0.25, 0.3) is 0 Å². The summed E-state index contributed by atoms with van der Waals surface area (Å²) in [7, 11) is 0. The van der Waals surface area contributed by atoms with Gasteiger partial charge in [0.15, 0.2) is 0 Å². The average Bonchev–Trinajstić information content (AvgIpc) is 2.57. The van der Waals surface area contributed by atoms with Gasteiger partial charge in [-0.15, -0.1) is 0 Å². The molecular formula is C18H24FN3O2. The van der Waals surface area contributed by atoms with Crippen molar-refractivity contribution >= 4 is 11.8 Å². The lowest BCUT2D eigenvalue weighted by Gasteiger charge is -2.40. The number of nitrogens with zero attached hydrogens (tertiary/aromatic N) is 2. The lowest BCUT2D eigenvalue weighted by molar-refractivity contribution is -0.149. The third-order valence-corrected chi connectivity index (χ3v) is 5.04. The molecule has 1 saturated heterocycles. The Morgan fingerprint density at radius 1 is 1.21 bits per heavy atom. The molecule has 0 atom stereocenters. The smallest absolute Gasteiger partial charge is 0.243 e. The van der Waals surface area contributed by atoms with E-state index in [0.717, 1.165) is 24.8 Å². The van der Waals surface area contributed by atoms with E-state index in [2.05, 4.69) is 0 Å². The fraction of sp³-hybridized carbons (Fsp3) is 0.556. The minimum absolute atomic E-state index is 0.0626. The van der Waals surface area contributed by atoms with Crippen LogP contribution in [0.4, 0.5) is 4.39 Å². The van der Waals surface area contributed by atoms with Gasteiger partial charge in [-0.1, -0.05) is 31.4 Å². The molecule has 0 spiro atoms. The first-order chi connectivity index (χ1) is 11.5. The van der Waals surface area contributed by atoms with Crippen LogP contribution in [-0.4, -0.2) is 46.8 Å². The van der Waals surface area contributed by atoms with Crippen LogP contribution in [0.5, 0.6) is 0 Å².